The SMILES string of the molecule is Cc1ccc(OCC(=O)N=Nc2c(O)n(C(C)C)c3ccccc23)cc1. The van der Waals surface area contributed by atoms with Crippen molar-refractivity contribution in [3.8, 4) is 11.6 Å². The molecule has 2 aromatic carbocycles. The van der Waals surface area contributed by atoms with E-state index in [0.717, 1.165) is 16.5 Å². The third-order valence-electron chi connectivity index (χ3n) is 4.02. The molecule has 0 aliphatic rings. The predicted octanol–water partition coefficient (Wildman–Crippen LogP) is 4.93. The number of rotatable bonds is 5. The Labute approximate surface area is 151 Å². The van der Waals surface area contributed by atoms with Gasteiger partial charge in [-0.05, 0) is 39.0 Å². The van der Waals surface area contributed by atoms with Crippen molar-refractivity contribution in [1.82, 2.24) is 4.57 Å². The van der Waals surface area contributed by atoms with Crippen LogP contribution in [0.2, 0.25) is 0 Å². The zero-order chi connectivity index (χ0) is 18.7. The summed E-state index contributed by atoms with van der Waals surface area (Å²) < 4.78 is 7.16. The normalized spacial score (nSPS) is 11.5. The topological polar surface area (TPSA) is 76.2 Å². The van der Waals surface area contributed by atoms with E-state index in [2.05, 4.69) is 10.2 Å². The number of amides is 1. The van der Waals surface area contributed by atoms with E-state index < -0.39 is 5.91 Å². The number of aryl methyl sites for hydroxylation is 1. The Morgan fingerprint density at radius 2 is 1.85 bits per heavy atom. The van der Waals surface area contributed by atoms with Crippen molar-refractivity contribution in [3.05, 3.63) is 54.1 Å². The maximum absolute atomic E-state index is 12.0. The summed E-state index contributed by atoms with van der Waals surface area (Å²) in [5.41, 5.74) is 2.25. The van der Waals surface area contributed by atoms with Gasteiger partial charge in [-0.25, -0.2) is 0 Å². The van der Waals surface area contributed by atoms with Crippen LogP contribution < -0.4 is 4.74 Å². The van der Waals surface area contributed by atoms with Crippen LogP contribution in [0.5, 0.6) is 11.6 Å². The number of nitrogens with zero attached hydrogens (tertiary/aromatic N) is 3. The van der Waals surface area contributed by atoms with Gasteiger partial charge in [0.05, 0.1) is 5.52 Å². The number of fused-ring (bicyclic) bond motifs is 1. The molecule has 26 heavy (non-hydrogen) atoms. The molecule has 1 amide bonds. The maximum atomic E-state index is 12.0. The Hall–Kier alpha value is -3.15. The summed E-state index contributed by atoms with van der Waals surface area (Å²) in [5.74, 6) is 0.0713. The van der Waals surface area contributed by atoms with E-state index in [-0.39, 0.29) is 24.2 Å². The summed E-state index contributed by atoms with van der Waals surface area (Å²) in [6.07, 6.45) is 0. The average Bonchev–Trinajstić information content (AvgIpc) is 2.91. The minimum atomic E-state index is -0.522. The predicted molar refractivity (Wildman–Crippen MR) is 100 cm³/mol. The van der Waals surface area contributed by atoms with Crippen LogP contribution in [0.15, 0.2) is 58.8 Å². The van der Waals surface area contributed by atoms with Crippen molar-refractivity contribution in [3.63, 3.8) is 0 Å². The summed E-state index contributed by atoms with van der Waals surface area (Å²) in [6.45, 7) is 5.70. The lowest BCUT2D eigenvalue weighted by Gasteiger charge is -2.10. The zero-order valence-electron chi connectivity index (χ0n) is 15.0. The number of carbonyl (C=O) groups is 1. The molecule has 6 nitrogen and oxygen atoms in total. The van der Waals surface area contributed by atoms with Gasteiger partial charge in [-0.15, -0.1) is 10.2 Å². The minimum Gasteiger partial charge on any atom is -0.493 e. The van der Waals surface area contributed by atoms with E-state index in [9.17, 15) is 9.90 Å². The third-order valence-corrected chi connectivity index (χ3v) is 4.02. The highest BCUT2D eigenvalue weighted by Gasteiger charge is 2.18. The number of ether oxygens (including phenoxy) is 1. The van der Waals surface area contributed by atoms with Crippen LogP contribution in [0.3, 0.4) is 0 Å². The molecule has 134 valence electrons. The summed E-state index contributed by atoms with van der Waals surface area (Å²) in [6, 6.07) is 14.9. The first-order valence-electron chi connectivity index (χ1n) is 8.43. The van der Waals surface area contributed by atoms with Crippen LogP contribution in [0.1, 0.15) is 25.5 Å². The Balaban J connectivity index is 1.78. The van der Waals surface area contributed by atoms with Gasteiger partial charge in [-0.2, -0.15) is 0 Å². The fraction of sp³-hybridized carbons (Fsp3) is 0.250. The number of azo groups is 1. The van der Waals surface area contributed by atoms with Crippen LogP contribution in [-0.2, 0) is 4.79 Å². The first kappa shape index (κ1) is 17.7. The highest BCUT2D eigenvalue weighted by Crippen LogP contribution is 2.40. The molecule has 0 fully saturated rings. The molecule has 0 saturated heterocycles. The summed E-state index contributed by atoms with van der Waals surface area (Å²) >= 11 is 0. The van der Waals surface area contributed by atoms with Gasteiger partial charge in [0.2, 0.25) is 5.88 Å². The van der Waals surface area contributed by atoms with Gasteiger partial charge in [0.1, 0.15) is 5.75 Å². The molecule has 0 saturated carbocycles. The molecule has 0 radical (unpaired) electrons. The Kier molecular flexibility index (Phi) is 5.02. The molecule has 0 aliphatic carbocycles. The van der Waals surface area contributed by atoms with E-state index in [1.54, 1.807) is 16.7 Å². The van der Waals surface area contributed by atoms with Crippen molar-refractivity contribution < 1.29 is 14.6 Å². The van der Waals surface area contributed by atoms with Gasteiger partial charge in [-0.3, -0.25) is 4.79 Å². The van der Waals surface area contributed by atoms with Gasteiger partial charge in [-0.1, -0.05) is 35.9 Å². The van der Waals surface area contributed by atoms with E-state index in [4.69, 9.17) is 4.74 Å². The number of carbonyl (C=O) groups excluding carboxylic acids is 1. The Morgan fingerprint density at radius 3 is 2.54 bits per heavy atom. The Bertz CT molecular complexity index is 956. The molecule has 1 aromatic heterocycles. The standard InChI is InChI=1S/C20H21N3O3/c1-13(2)23-17-7-5-4-6-16(17)19(20(23)25)22-21-18(24)12-26-15-10-8-14(3)9-11-15/h4-11,13,25H,12H2,1-3H3. The number of benzene rings is 2. The van der Waals surface area contributed by atoms with Crippen LogP contribution in [0.25, 0.3) is 10.9 Å². The molecule has 1 heterocycles. The lowest BCUT2D eigenvalue weighted by molar-refractivity contribution is -0.120. The van der Waals surface area contributed by atoms with E-state index >= 15 is 0 Å². The highest BCUT2D eigenvalue weighted by molar-refractivity contribution is 5.95. The van der Waals surface area contributed by atoms with Crippen molar-refractivity contribution >= 4 is 22.5 Å². The van der Waals surface area contributed by atoms with Gasteiger partial charge in [0, 0.05) is 11.4 Å². The zero-order valence-corrected chi connectivity index (χ0v) is 15.0. The molecule has 3 aromatic rings. The summed E-state index contributed by atoms with van der Waals surface area (Å²) in [5, 5.41) is 18.9. The second-order valence-corrected chi connectivity index (χ2v) is 6.35. The van der Waals surface area contributed by atoms with Gasteiger partial charge < -0.3 is 14.4 Å². The first-order chi connectivity index (χ1) is 12.5. The third kappa shape index (κ3) is 3.59. The monoisotopic (exact) mass is 351 g/mol. The smallest absolute Gasteiger partial charge is 0.302 e. The number of para-hydroxylation sites is 1. The lowest BCUT2D eigenvalue weighted by Crippen LogP contribution is -2.07. The molecule has 0 spiro atoms. The Morgan fingerprint density at radius 1 is 1.15 bits per heavy atom. The molecule has 1 N–H and O–H groups in total. The number of aromatic hydroxyl groups is 1. The van der Waals surface area contributed by atoms with E-state index in [0.29, 0.717) is 5.75 Å². The van der Waals surface area contributed by atoms with Crippen molar-refractivity contribution in [2.75, 3.05) is 6.61 Å². The molecule has 0 unspecified atom stereocenters. The van der Waals surface area contributed by atoms with Gasteiger partial charge in [0.25, 0.3) is 0 Å². The van der Waals surface area contributed by atoms with Crippen molar-refractivity contribution in [1.29, 1.82) is 0 Å². The summed E-state index contributed by atoms with van der Waals surface area (Å²) in [7, 11) is 0. The van der Waals surface area contributed by atoms with Crippen LogP contribution in [0, 0.1) is 6.92 Å². The molecule has 0 bridgehead atoms. The molecular weight excluding hydrogens is 330 g/mol. The van der Waals surface area contributed by atoms with Gasteiger partial charge in [0.15, 0.2) is 12.3 Å². The van der Waals surface area contributed by atoms with Crippen molar-refractivity contribution in [2.45, 2.75) is 26.8 Å². The molecule has 0 aliphatic heterocycles. The fourth-order valence-corrected chi connectivity index (χ4v) is 2.77. The van der Waals surface area contributed by atoms with E-state index in [1.165, 1.54) is 0 Å². The van der Waals surface area contributed by atoms with Crippen LogP contribution in [0.4, 0.5) is 5.69 Å². The van der Waals surface area contributed by atoms with E-state index in [1.807, 2.05) is 57.2 Å². The van der Waals surface area contributed by atoms with Crippen molar-refractivity contribution in [2.24, 2.45) is 10.2 Å². The maximum Gasteiger partial charge on any atom is 0.302 e. The second kappa shape index (κ2) is 7.39. The quantitative estimate of drug-likeness (QED) is 0.662. The average molecular weight is 351 g/mol. The molecule has 3 rings (SSSR count). The summed E-state index contributed by atoms with van der Waals surface area (Å²) in [4.78, 5) is 12.0. The highest BCUT2D eigenvalue weighted by atomic mass is 16.5. The number of hydrogen-bond donors (Lipinski definition) is 1. The first-order valence-corrected chi connectivity index (χ1v) is 8.43. The molecule has 0 atom stereocenters. The molecular formula is C20H21N3O3. The molecule has 6 heteroatoms. The largest absolute Gasteiger partial charge is 0.493 e. The fourth-order valence-electron chi connectivity index (χ4n) is 2.77. The van der Waals surface area contributed by atoms with Crippen LogP contribution >= 0.6 is 0 Å². The number of hydrogen-bond acceptors (Lipinski definition) is 4. The minimum absolute atomic E-state index is 0.00259. The lowest BCUT2D eigenvalue weighted by atomic mass is 10.2. The van der Waals surface area contributed by atoms with Gasteiger partial charge >= 0.3 is 5.91 Å². The number of aromatic nitrogens is 1. The second-order valence-electron chi connectivity index (χ2n) is 6.35. The van der Waals surface area contributed by atoms with Crippen LogP contribution in [-0.4, -0.2) is 22.2 Å².